The summed E-state index contributed by atoms with van der Waals surface area (Å²) in [6.07, 6.45) is -0.853. The third kappa shape index (κ3) is 7.16. The maximum atomic E-state index is 13.1. The highest BCUT2D eigenvalue weighted by atomic mass is 79.9. The number of halogens is 3. The van der Waals surface area contributed by atoms with E-state index in [4.69, 9.17) is 21.1 Å². The van der Waals surface area contributed by atoms with Crippen molar-refractivity contribution < 1.29 is 19.1 Å². The van der Waals surface area contributed by atoms with Crippen molar-refractivity contribution in [1.29, 1.82) is 0 Å². The van der Waals surface area contributed by atoms with Crippen molar-refractivity contribution >= 4 is 55.3 Å². The first kappa shape index (κ1) is 27.7. The summed E-state index contributed by atoms with van der Waals surface area (Å²) >= 11 is 13.0. The Morgan fingerprint density at radius 3 is 1.87 bits per heavy atom. The average Bonchev–Trinajstić information content (AvgIpc) is 2.92. The quantitative estimate of drug-likeness (QED) is 0.185. The van der Waals surface area contributed by atoms with Gasteiger partial charge in [-0.15, -0.1) is 0 Å². The Morgan fingerprint density at radius 2 is 1.34 bits per heavy atom. The molecule has 0 saturated heterocycles. The number of carbonyl (C=O) groups excluding carboxylic acids is 2. The molecule has 4 rings (SSSR count). The zero-order valence-corrected chi connectivity index (χ0v) is 24.1. The summed E-state index contributed by atoms with van der Waals surface area (Å²) < 4.78 is 13.2. The minimum Gasteiger partial charge on any atom is -0.493 e. The Labute approximate surface area is 242 Å². The van der Waals surface area contributed by atoms with Crippen molar-refractivity contribution in [1.82, 2.24) is 10.6 Å². The van der Waals surface area contributed by atoms with Gasteiger partial charge in [0.2, 0.25) is 0 Å². The molecule has 0 aromatic heterocycles. The second-order valence-electron chi connectivity index (χ2n) is 8.18. The Bertz CT molecular complexity index is 1370. The van der Waals surface area contributed by atoms with Gasteiger partial charge in [-0.25, -0.2) is 0 Å². The summed E-state index contributed by atoms with van der Waals surface area (Å²) in [4.78, 5) is 26.1. The van der Waals surface area contributed by atoms with Gasteiger partial charge in [0.15, 0.2) is 11.5 Å². The number of amides is 2. The number of methoxy groups -OCH3 is 1. The fourth-order valence-electron chi connectivity index (χ4n) is 3.59. The van der Waals surface area contributed by atoms with Crippen LogP contribution in [0.5, 0.6) is 11.5 Å². The molecule has 2 N–H and O–H groups in total. The Kier molecular flexibility index (Phi) is 9.44. The highest BCUT2D eigenvalue weighted by Gasteiger charge is 2.21. The van der Waals surface area contributed by atoms with Crippen LogP contribution in [-0.2, 0) is 6.61 Å². The molecule has 0 atom stereocenters. The summed E-state index contributed by atoms with van der Waals surface area (Å²) in [5.41, 5.74) is 2.33. The smallest absolute Gasteiger partial charge is 0.253 e. The van der Waals surface area contributed by atoms with E-state index in [0.29, 0.717) is 33.2 Å². The molecule has 38 heavy (non-hydrogen) atoms. The maximum absolute atomic E-state index is 13.1. The molecule has 0 aliphatic carbocycles. The molecular weight excluding hydrogens is 636 g/mol. The van der Waals surface area contributed by atoms with Gasteiger partial charge in [0.1, 0.15) is 12.8 Å². The van der Waals surface area contributed by atoms with E-state index in [1.54, 1.807) is 72.8 Å². The van der Waals surface area contributed by atoms with Crippen molar-refractivity contribution in [3.63, 3.8) is 0 Å². The van der Waals surface area contributed by atoms with E-state index in [0.717, 1.165) is 14.5 Å². The van der Waals surface area contributed by atoms with Gasteiger partial charge in [-0.05, 0) is 72.3 Å². The molecular formula is C29H23Br2ClN2O4. The Morgan fingerprint density at radius 1 is 0.789 bits per heavy atom. The normalized spacial score (nSPS) is 10.7. The van der Waals surface area contributed by atoms with Crippen LogP contribution in [-0.4, -0.2) is 18.9 Å². The van der Waals surface area contributed by atoms with Gasteiger partial charge in [-0.2, -0.15) is 0 Å². The summed E-state index contributed by atoms with van der Waals surface area (Å²) in [7, 11) is 1.53. The predicted octanol–water partition coefficient (Wildman–Crippen LogP) is 7.31. The molecule has 0 bridgehead atoms. The van der Waals surface area contributed by atoms with Crippen LogP contribution in [0.3, 0.4) is 0 Å². The number of hydrogen-bond acceptors (Lipinski definition) is 4. The molecule has 0 fully saturated rings. The molecule has 0 heterocycles. The SMILES string of the molecule is COc1cc(C(NC(=O)c2ccc(Br)cc2)NC(=O)c2ccc(Br)cc2)ccc1OCc1ccccc1Cl. The lowest BCUT2D eigenvalue weighted by atomic mass is 10.1. The van der Waals surface area contributed by atoms with Crippen LogP contribution in [0.2, 0.25) is 5.02 Å². The van der Waals surface area contributed by atoms with E-state index in [1.165, 1.54) is 7.11 Å². The molecule has 2 amide bonds. The van der Waals surface area contributed by atoms with Gasteiger partial charge in [-0.1, -0.05) is 67.7 Å². The van der Waals surface area contributed by atoms with Gasteiger partial charge in [0.05, 0.1) is 7.11 Å². The third-order valence-corrected chi connectivity index (χ3v) is 7.05. The number of nitrogens with one attached hydrogen (secondary N) is 2. The van der Waals surface area contributed by atoms with Crippen molar-refractivity contribution in [3.8, 4) is 11.5 Å². The summed E-state index contributed by atoms with van der Waals surface area (Å²) in [5.74, 6) is 0.233. The number of hydrogen-bond donors (Lipinski definition) is 2. The molecule has 0 saturated carbocycles. The van der Waals surface area contributed by atoms with Crippen molar-refractivity contribution in [3.05, 3.63) is 127 Å². The predicted molar refractivity (Wildman–Crippen MR) is 155 cm³/mol. The van der Waals surface area contributed by atoms with Crippen LogP contribution in [0.4, 0.5) is 0 Å². The molecule has 0 aliphatic heterocycles. The minimum absolute atomic E-state index is 0.249. The van der Waals surface area contributed by atoms with Crippen LogP contribution < -0.4 is 20.1 Å². The van der Waals surface area contributed by atoms with Gasteiger partial charge in [-0.3, -0.25) is 9.59 Å². The summed E-state index contributed by atoms with van der Waals surface area (Å²) in [6, 6.07) is 26.5. The van der Waals surface area contributed by atoms with Gasteiger partial charge in [0, 0.05) is 30.7 Å². The molecule has 0 radical (unpaired) electrons. The van der Waals surface area contributed by atoms with Crippen LogP contribution in [0.15, 0.2) is 99.9 Å². The van der Waals surface area contributed by atoms with E-state index < -0.39 is 6.17 Å². The molecule has 0 unspecified atom stereocenters. The first-order chi connectivity index (χ1) is 18.3. The first-order valence-corrected chi connectivity index (χ1v) is 13.5. The highest BCUT2D eigenvalue weighted by molar-refractivity contribution is 9.10. The topological polar surface area (TPSA) is 76.7 Å². The summed E-state index contributed by atoms with van der Waals surface area (Å²) in [5, 5.41) is 6.42. The molecule has 6 nitrogen and oxygen atoms in total. The van der Waals surface area contributed by atoms with E-state index in [-0.39, 0.29) is 18.4 Å². The second kappa shape index (κ2) is 13.0. The van der Waals surface area contributed by atoms with Crippen molar-refractivity contribution in [2.45, 2.75) is 12.8 Å². The fraction of sp³-hybridized carbons (Fsp3) is 0.103. The largest absolute Gasteiger partial charge is 0.493 e. The molecule has 0 spiro atoms. The monoisotopic (exact) mass is 656 g/mol. The van der Waals surface area contributed by atoms with Gasteiger partial charge in [0.25, 0.3) is 11.8 Å². The number of benzene rings is 4. The van der Waals surface area contributed by atoms with Crippen LogP contribution >= 0.6 is 43.5 Å². The fourth-order valence-corrected chi connectivity index (χ4v) is 4.31. The zero-order valence-electron chi connectivity index (χ0n) is 20.2. The van der Waals surface area contributed by atoms with E-state index in [9.17, 15) is 9.59 Å². The zero-order chi connectivity index (χ0) is 27.1. The molecule has 0 aliphatic rings. The minimum atomic E-state index is -0.853. The van der Waals surface area contributed by atoms with Gasteiger partial charge < -0.3 is 20.1 Å². The third-order valence-electron chi connectivity index (χ3n) is 5.63. The first-order valence-electron chi connectivity index (χ1n) is 11.5. The van der Waals surface area contributed by atoms with Crippen molar-refractivity contribution in [2.75, 3.05) is 7.11 Å². The number of ether oxygens (including phenoxy) is 2. The average molecular weight is 659 g/mol. The van der Waals surface area contributed by atoms with Gasteiger partial charge >= 0.3 is 0 Å². The van der Waals surface area contributed by atoms with Crippen LogP contribution in [0.1, 0.15) is 38.0 Å². The Balaban J connectivity index is 1.59. The number of rotatable bonds is 9. The lowest BCUT2D eigenvalue weighted by molar-refractivity contribution is 0.0883. The molecule has 4 aromatic carbocycles. The highest BCUT2D eigenvalue weighted by Crippen LogP contribution is 2.31. The maximum Gasteiger partial charge on any atom is 0.253 e. The van der Waals surface area contributed by atoms with Crippen LogP contribution in [0.25, 0.3) is 0 Å². The lowest BCUT2D eigenvalue weighted by Gasteiger charge is -2.22. The standard InChI is InChI=1S/C29H23Br2ClN2O4/c1-37-26-16-20(10-15-25(26)38-17-21-4-2-3-5-24(21)32)27(33-28(35)18-6-11-22(30)12-7-18)34-29(36)19-8-13-23(31)14-9-19/h2-16,27H,17H2,1H3,(H,33,35)(H,34,36). The molecule has 4 aromatic rings. The molecule has 9 heteroatoms. The Hall–Kier alpha value is -3.33. The van der Waals surface area contributed by atoms with Crippen molar-refractivity contribution in [2.24, 2.45) is 0 Å². The number of carbonyl (C=O) groups is 2. The lowest BCUT2D eigenvalue weighted by Crippen LogP contribution is -2.41. The summed E-state index contributed by atoms with van der Waals surface area (Å²) in [6.45, 7) is 0.249. The van der Waals surface area contributed by atoms with E-state index in [1.807, 2.05) is 18.2 Å². The van der Waals surface area contributed by atoms with E-state index in [2.05, 4.69) is 42.5 Å². The second-order valence-corrected chi connectivity index (χ2v) is 10.4. The van der Waals surface area contributed by atoms with E-state index >= 15 is 0 Å². The van der Waals surface area contributed by atoms with Crippen LogP contribution in [0, 0.1) is 0 Å². The molecule has 194 valence electrons.